The third kappa shape index (κ3) is 2.68. The average Bonchev–Trinajstić information content (AvgIpc) is 2.65. The standard InChI is InChI=1S/C9H11NO2S/c1-12-9(11)7(6-10)5-8-3-2-4-13-8/h2-5H,6,10H2,1H3/b7-5-. The van der Waals surface area contributed by atoms with Crippen molar-refractivity contribution < 1.29 is 9.53 Å². The summed E-state index contributed by atoms with van der Waals surface area (Å²) in [5, 5.41) is 1.94. The topological polar surface area (TPSA) is 52.3 Å². The van der Waals surface area contributed by atoms with Gasteiger partial charge in [-0.25, -0.2) is 4.79 Å². The minimum atomic E-state index is -0.365. The number of ether oxygens (including phenoxy) is 1. The van der Waals surface area contributed by atoms with Crippen LogP contribution in [-0.4, -0.2) is 19.6 Å². The van der Waals surface area contributed by atoms with E-state index in [0.717, 1.165) is 4.88 Å². The number of nitrogens with two attached hydrogens (primary N) is 1. The summed E-state index contributed by atoms with van der Waals surface area (Å²) in [6.45, 7) is 0.199. The van der Waals surface area contributed by atoms with Crippen LogP contribution < -0.4 is 5.73 Å². The maximum absolute atomic E-state index is 11.1. The molecule has 0 fully saturated rings. The van der Waals surface area contributed by atoms with Crippen molar-refractivity contribution >= 4 is 23.4 Å². The smallest absolute Gasteiger partial charge is 0.335 e. The van der Waals surface area contributed by atoms with Gasteiger partial charge < -0.3 is 10.5 Å². The zero-order valence-electron chi connectivity index (χ0n) is 7.32. The number of hydrogen-bond donors (Lipinski definition) is 1. The number of rotatable bonds is 3. The van der Waals surface area contributed by atoms with Crippen LogP contribution in [0.25, 0.3) is 6.08 Å². The summed E-state index contributed by atoms with van der Waals surface area (Å²) in [7, 11) is 1.35. The molecule has 0 aliphatic carbocycles. The summed E-state index contributed by atoms with van der Waals surface area (Å²) >= 11 is 1.55. The van der Waals surface area contributed by atoms with E-state index in [1.165, 1.54) is 7.11 Å². The van der Waals surface area contributed by atoms with Gasteiger partial charge in [0.1, 0.15) is 0 Å². The van der Waals surface area contributed by atoms with Gasteiger partial charge in [0.2, 0.25) is 0 Å². The number of hydrogen-bond acceptors (Lipinski definition) is 4. The summed E-state index contributed by atoms with van der Waals surface area (Å²) < 4.78 is 4.57. The van der Waals surface area contributed by atoms with E-state index in [-0.39, 0.29) is 12.5 Å². The van der Waals surface area contributed by atoms with Gasteiger partial charge in [-0.05, 0) is 17.5 Å². The predicted molar refractivity (Wildman–Crippen MR) is 53.4 cm³/mol. The Hall–Kier alpha value is -1.13. The molecule has 13 heavy (non-hydrogen) atoms. The van der Waals surface area contributed by atoms with E-state index in [0.29, 0.717) is 5.57 Å². The van der Waals surface area contributed by atoms with Crippen molar-refractivity contribution in [3.63, 3.8) is 0 Å². The number of thiophene rings is 1. The molecule has 0 unspecified atom stereocenters. The largest absolute Gasteiger partial charge is 0.466 e. The summed E-state index contributed by atoms with van der Waals surface area (Å²) in [4.78, 5) is 12.1. The molecule has 3 nitrogen and oxygen atoms in total. The molecule has 0 aliphatic heterocycles. The Morgan fingerprint density at radius 2 is 2.54 bits per heavy atom. The van der Waals surface area contributed by atoms with Crippen LogP contribution in [0, 0.1) is 0 Å². The van der Waals surface area contributed by atoms with Gasteiger partial charge in [-0.15, -0.1) is 11.3 Å². The molecule has 1 aromatic rings. The molecule has 2 N–H and O–H groups in total. The first kappa shape index (κ1) is 9.95. The Bertz CT molecular complexity index is 303. The van der Waals surface area contributed by atoms with Gasteiger partial charge in [0.15, 0.2) is 0 Å². The minimum absolute atomic E-state index is 0.199. The van der Waals surface area contributed by atoms with E-state index in [4.69, 9.17) is 5.73 Å². The van der Waals surface area contributed by atoms with Crippen LogP contribution in [0.1, 0.15) is 4.88 Å². The van der Waals surface area contributed by atoms with Crippen LogP contribution in [0.4, 0.5) is 0 Å². The monoisotopic (exact) mass is 197 g/mol. The number of methoxy groups -OCH3 is 1. The summed E-state index contributed by atoms with van der Waals surface area (Å²) in [6.07, 6.45) is 1.75. The lowest BCUT2D eigenvalue weighted by Crippen LogP contribution is -2.13. The van der Waals surface area contributed by atoms with Gasteiger partial charge in [0, 0.05) is 11.4 Å². The van der Waals surface area contributed by atoms with Gasteiger partial charge in [-0.1, -0.05) is 6.07 Å². The second-order valence-electron chi connectivity index (χ2n) is 2.38. The van der Waals surface area contributed by atoms with Gasteiger partial charge in [0.05, 0.1) is 12.7 Å². The van der Waals surface area contributed by atoms with Gasteiger partial charge in [-0.2, -0.15) is 0 Å². The normalized spacial score (nSPS) is 11.4. The quantitative estimate of drug-likeness (QED) is 0.586. The van der Waals surface area contributed by atoms with E-state index in [9.17, 15) is 4.79 Å². The summed E-state index contributed by atoms with van der Waals surface area (Å²) in [5.74, 6) is -0.365. The predicted octanol–water partition coefficient (Wildman–Crippen LogP) is 1.26. The summed E-state index contributed by atoms with van der Waals surface area (Å²) in [5.41, 5.74) is 5.89. The molecule has 0 aromatic carbocycles. The molecule has 0 bridgehead atoms. The highest BCUT2D eigenvalue weighted by Crippen LogP contribution is 2.13. The highest BCUT2D eigenvalue weighted by molar-refractivity contribution is 7.10. The lowest BCUT2D eigenvalue weighted by molar-refractivity contribution is -0.136. The molecule has 70 valence electrons. The lowest BCUT2D eigenvalue weighted by atomic mass is 10.2. The van der Waals surface area contributed by atoms with Crippen molar-refractivity contribution in [2.24, 2.45) is 5.73 Å². The second-order valence-corrected chi connectivity index (χ2v) is 3.36. The van der Waals surface area contributed by atoms with Crippen LogP contribution in [-0.2, 0) is 9.53 Å². The van der Waals surface area contributed by atoms with Crippen LogP contribution in [0.15, 0.2) is 23.1 Å². The van der Waals surface area contributed by atoms with E-state index in [2.05, 4.69) is 4.74 Å². The SMILES string of the molecule is COC(=O)/C(=C\c1cccs1)CN. The number of esters is 1. The Morgan fingerprint density at radius 1 is 1.77 bits per heavy atom. The maximum Gasteiger partial charge on any atom is 0.335 e. The molecular weight excluding hydrogens is 186 g/mol. The Kier molecular flexibility index (Phi) is 3.67. The van der Waals surface area contributed by atoms with Crippen molar-refractivity contribution in [2.45, 2.75) is 0 Å². The fourth-order valence-electron chi connectivity index (χ4n) is 0.877. The fourth-order valence-corrected chi connectivity index (χ4v) is 1.56. The molecule has 0 saturated heterocycles. The first-order valence-electron chi connectivity index (χ1n) is 3.80. The molecule has 1 aromatic heterocycles. The Balaban J connectivity index is 2.83. The molecule has 0 spiro atoms. The number of carbonyl (C=O) groups is 1. The van der Waals surface area contributed by atoms with Crippen molar-refractivity contribution in [3.05, 3.63) is 28.0 Å². The lowest BCUT2D eigenvalue weighted by Gasteiger charge is -2.00. The van der Waals surface area contributed by atoms with Crippen molar-refractivity contribution in [1.29, 1.82) is 0 Å². The Labute approximate surface area is 80.8 Å². The molecule has 0 saturated carbocycles. The third-order valence-corrected chi connectivity index (χ3v) is 2.35. The molecule has 0 radical (unpaired) electrons. The molecule has 0 aliphatic rings. The Morgan fingerprint density at radius 3 is 3.00 bits per heavy atom. The molecule has 0 atom stereocenters. The van der Waals surface area contributed by atoms with E-state index < -0.39 is 0 Å². The first-order valence-corrected chi connectivity index (χ1v) is 4.68. The molecule has 1 heterocycles. The first-order chi connectivity index (χ1) is 6.27. The van der Waals surface area contributed by atoms with Crippen LogP contribution >= 0.6 is 11.3 Å². The molecule has 1 rings (SSSR count). The van der Waals surface area contributed by atoms with E-state index in [1.807, 2.05) is 17.5 Å². The number of carbonyl (C=O) groups excluding carboxylic acids is 1. The van der Waals surface area contributed by atoms with Crippen molar-refractivity contribution in [2.75, 3.05) is 13.7 Å². The zero-order chi connectivity index (χ0) is 9.68. The third-order valence-electron chi connectivity index (χ3n) is 1.53. The van der Waals surface area contributed by atoms with Crippen LogP contribution in [0.2, 0.25) is 0 Å². The highest BCUT2D eigenvalue weighted by Gasteiger charge is 2.06. The van der Waals surface area contributed by atoms with Gasteiger partial charge >= 0.3 is 5.97 Å². The van der Waals surface area contributed by atoms with Crippen LogP contribution in [0.3, 0.4) is 0 Å². The average molecular weight is 197 g/mol. The van der Waals surface area contributed by atoms with E-state index >= 15 is 0 Å². The van der Waals surface area contributed by atoms with E-state index in [1.54, 1.807) is 17.4 Å². The maximum atomic E-state index is 11.1. The van der Waals surface area contributed by atoms with Gasteiger partial charge in [-0.3, -0.25) is 0 Å². The van der Waals surface area contributed by atoms with Crippen molar-refractivity contribution in [3.8, 4) is 0 Å². The molecular formula is C9H11NO2S. The van der Waals surface area contributed by atoms with Crippen molar-refractivity contribution in [1.82, 2.24) is 0 Å². The zero-order valence-corrected chi connectivity index (χ0v) is 8.14. The van der Waals surface area contributed by atoms with Gasteiger partial charge in [0.25, 0.3) is 0 Å². The second kappa shape index (κ2) is 4.79. The minimum Gasteiger partial charge on any atom is -0.466 e. The highest BCUT2D eigenvalue weighted by atomic mass is 32.1. The van der Waals surface area contributed by atoms with Crippen LogP contribution in [0.5, 0.6) is 0 Å². The summed E-state index contributed by atoms with van der Waals surface area (Å²) in [6, 6.07) is 3.84. The molecule has 0 amide bonds. The fraction of sp³-hybridized carbons (Fsp3) is 0.222. The molecule has 4 heteroatoms.